The molecular formula is C12H22N4O2. The third-order valence-electron chi connectivity index (χ3n) is 2.85. The molecule has 1 rings (SSSR count). The minimum absolute atomic E-state index is 0.0443. The quantitative estimate of drug-likeness (QED) is 0.461. The van der Waals surface area contributed by atoms with Crippen molar-refractivity contribution in [3.05, 3.63) is 15.8 Å². The second-order valence-electron chi connectivity index (χ2n) is 4.75. The highest BCUT2D eigenvalue weighted by atomic mass is 16.6. The molecule has 0 aliphatic carbocycles. The van der Waals surface area contributed by atoms with Gasteiger partial charge in [0, 0.05) is 19.5 Å². The van der Waals surface area contributed by atoms with E-state index < -0.39 is 0 Å². The van der Waals surface area contributed by atoms with Crippen molar-refractivity contribution in [1.82, 2.24) is 9.78 Å². The first-order valence-electron chi connectivity index (χ1n) is 6.44. The van der Waals surface area contributed by atoms with Gasteiger partial charge >= 0.3 is 5.69 Å². The van der Waals surface area contributed by atoms with Gasteiger partial charge in [-0.15, -0.1) is 0 Å². The Balaban J connectivity index is 2.92. The molecule has 0 radical (unpaired) electrons. The van der Waals surface area contributed by atoms with Crippen LogP contribution in [0.25, 0.3) is 0 Å². The van der Waals surface area contributed by atoms with E-state index in [1.165, 1.54) is 0 Å². The molecule has 18 heavy (non-hydrogen) atoms. The summed E-state index contributed by atoms with van der Waals surface area (Å²) in [4.78, 5) is 10.8. The van der Waals surface area contributed by atoms with Crippen LogP contribution in [0.5, 0.6) is 0 Å². The molecule has 1 aromatic rings. The number of nitrogens with zero attached hydrogens (tertiary/aromatic N) is 3. The van der Waals surface area contributed by atoms with Crippen LogP contribution in [0.1, 0.15) is 51.6 Å². The Morgan fingerprint density at radius 1 is 1.44 bits per heavy atom. The topological polar surface area (TPSA) is 73.0 Å². The third-order valence-corrected chi connectivity index (χ3v) is 2.85. The molecule has 0 amide bonds. The fourth-order valence-corrected chi connectivity index (χ4v) is 1.88. The molecule has 6 nitrogen and oxygen atoms in total. The van der Waals surface area contributed by atoms with Gasteiger partial charge in [-0.25, -0.2) is 4.68 Å². The monoisotopic (exact) mass is 254 g/mol. The summed E-state index contributed by atoms with van der Waals surface area (Å²) in [6.45, 7) is 6.70. The summed E-state index contributed by atoms with van der Waals surface area (Å²) >= 11 is 0. The lowest BCUT2D eigenvalue weighted by molar-refractivity contribution is -0.384. The molecule has 0 atom stereocenters. The van der Waals surface area contributed by atoms with E-state index in [0.29, 0.717) is 11.5 Å². The van der Waals surface area contributed by atoms with Gasteiger partial charge in [0.1, 0.15) is 5.69 Å². The summed E-state index contributed by atoms with van der Waals surface area (Å²) in [6, 6.07) is 0. The number of aryl methyl sites for hydroxylation is 1. The van der Waals surface area contributed by atoms with E-state index in [-0.39, 0.29) is 16.5 Å². The van der Waals surface area contributed by atoms with Crippen LogP contribution in [0.2, 0.25) is 0 Å². The van der Waals surface area contributed by atoms with Crippen molar-refractivity contribution in [3.63, 3.8) is 0 Å². The van der Waals surface area contributed by atoms with Crippen LogP contribution in [-0.2, 0) is 7.05 Å². The minimum Gasteiger partial charge on any atom is -0.365 e. The molecule has 0 saturated carbocycles. The van der Waals surface area contributed by atoms with Crippen molar-refractivity contribution in [2.24, 2.45) is 7.05 Å². The predicted octanol–water partition coefficient (Wildman–Crippen LogP) is 3.05. The Bertz CT molecular complexity index is 412. The van der Waals surface area contributed by atoms with Crippen LogP contribution >= 0.6 is 0 Å². The lowest BCUT2D eigenvalue weighted by Crippen LogP contribution is -2.07. The van der Waals surface area contributed by atoms with Crippen LogP contribution < -0.4 is 5.32 Å². The van der Waals surface area contributed by atoms with Crippen molar-refractivity contribution < 1.29 is 4.92 Å². The fourth-order valence-electron chi connectivity index (χ4n) is 1.88. The normalized spacial score (nSPS) is 10.9. The maximum Gasteiger partial charge on any atom is 0.334 e. The number of aromatic nitrogens is 2. The molecule has 1 aromatic heterocycles. The zero-order valence-corrected chi connectivity index (χ0v) is 11.6. The van der Waals surface area contributed by atoms with Gasteiger partial charge in [0.05, 0.1) is 4.92 Å². The highest BCUT2D eigenvalue weighted by molar-refractivity contribution is 5.60. The molecule has 0 aromatic carbocycles. The third kappa shape index (κ3) is 3.21. The second kappa shape index (κ2) is 6.37. The molecule has 0 aliphatic heterocycles. The Morgan fingerprint density at radius 2 is 2.11 bits per heavy atom. The van der Waals surface area contributed by atoms with E-state index in [1.807, 2.05) is 13.8 Å². The zero-order chi connectivity index (χ0) is 13.7. The van der Waals surface area contributed by atoms with Gasteiger partial charge in [-0.2, -0.15) is 5.10 Å². The molecule has 0 spiro atoms. The van der Waals surface area contributed by atoms with E-state index in [9.17, 15) is 10.1 Å². The van der Waals surface area contributed by atoms with Crippen LogP contribution in [0.3, 0.4) is 0 Å². The van der Waals surface area contributed by atoms with Gasteiger partial charge in [0.2, 0.25) is 5.82 Å². The van der Waals surface area contributed by atoms with Gasteiger partial charge in [-0.1, -0.05) is 33.6 Å². The Kier molecular flexibility index (Phi) is 5.12. The molecule has 0 aliphatic rings. The van der Waals surface area contributed by atoms with Gasteiger partial charge in [0.15, 0.2) is 0 Å². The highest BCUT2D eigenvalue weighted by Gasteiger charge is 2.27. The van der Waals surface area contributed by atoms with Gasteiger partial charge in [-0.3, -0.25) is 10.1 Å². The Hall–Kier alpha value is -1.59. The van der Waals surface area contributed by atoms with Gasteiger partial charge in [-0.05, 0) is 6.42 Å². The van der Waals surface area contributed by atoms with Crippen LogP contribution in [0.4, 0.5) is 11.5 Å². The van der Waals surface area contributed by atoms with E-state index in [1.54, 1.807) is 11.7 Å². The van der Waals surface area contributed by atoms with E-state index in [4.69, 9.17) is 0 Å². The summed E-state index contributed by atoms with van der Waals surface area (Å²) < 4.78 is 1.57. The first-order valence-corrected chi connectivity index (χ1v) is 6.44. The lowest BCUT2D eigenvalue weighted by atomic mass is 10.1. The Labute approximate surface area is 108 Å². The van der Waals surface area contributed by atoms with E-state index in [2.05, 4.69) is 17.3 Å². The molecule has 0 fully saturated rings. The molecule has 0 saturated heterocycles. The van der Waals surface area contributed by atoms with Gasteiger partial charge in [0.25, 0.3) is 0 Å². The predicted molar refractivity (Wildman–Crippen MR) is 72.0 cm³/mol. The van der Waals surface area contributed by atoms with Crippen molar-refractivity contribution in [3.8, 4) is 0 Å². The van der Waals surface area contributed by atoms with Crippen LogP contribution in [0.15, 0.2) is 0 Å². The molecular weight excluding hydrogens is 232 g/mol. The number of hydrogen-bond donors (Lipinski definition) is 1. The molecule has 0 unspecified atom stereocenters. The smallest absolute Gasteiger partial charge is 0.334 e. The molecule has 0 bridgehead atoms. The molecule has 6 heteroatoms. The standard InChI is InChI=1S/C12H22N4O2/c1-5-6-7-8-13-12-11(16(17)18)10(9(2)3)14-15(12)4/h9,13H,5-8H2,1-4H3. The van der Waals surface area contributed by atoms with E-state index in [0.717, 1.165) is 25.8 Å². The lowest BCUT2D eigenvalue weighted by Gasteiger charge is -2.05. The van der Waals surface area contributed by atoms with Crippen molar-refractivity contribution in [2.75, 3.05) is 11.9 Å². The van der Waals surface area contributed by atoms with Crippen molar-refractivity contribution in [2.45, 2.75) is 46.0 Å². The van der Waals surface area contributed by atoms with Crippen molar-refractivity contribution >= 4 is 11.5 Å². The maximum absolute atomic E-state index is 11.2. The SMILES string of the molecule is CCCCCNc1c([N+](=O)[O-])c(C(C)C)nn1C. The first-order chi connectivity index (χ1) is 8.49. The highest BCUT2D eigenvalue weighted by Crippen LogP contribution is 2.32. The number of anilines is 1. The molecule has 102 valence electrons. The summed E-state index contributed by atoms with van der Waals surface area (Å²) in [5.74, 6) is 0.558. The number of unbranched alkanes of at least 4 members (excludes halogenated alkanes) is 2. The number of rotatable bonds is 7. The molecule has 1 N–H and O–H groups in total. The second-order valence-corrected chi connectivity index (χ2v) is 4.75. The maximum atomic E-state index is 11.2. The number of hydrogen-bond acceptors (Lipinski definition) is 4. The largest absolute Gasteiger partial charge is 0.365 e. The van der Waals surface area contributed by atoms with E-state index >= 15 is 0 Å². The minimum atomic E-state index is -0.343. The molecule has 1 heterocycles. The van der Waals surface area contributed by atoms with Gasteiger partial charge < -0.3 is 5.32 Å². The van der Waals surface area contributed by atoms with Crippen LogP contribution in [-0.4, -0.2) is 21.2 Å². The van der Waals surface area contributed by atoms with Crippen LogP contribution in [0, 0.1) is 10.1 Å². The van der Waals surface area contributed by atoms with Crippen molar-refractivity contribution in [1.29, 1.82) is 0 Å². The summed E-state index contributed by atoms with van der Waals surface area (Å²) in [7, 11) is 1.74. The number of nitrogens with one attached hydrogen (secondary N) is 1. The number of nitro groups is 1. The fraction of sp³-hybridized carbons (Fsp3) is 0.750. The Morgan fingerprint density at radius 3 is 2.61 bits per heavy atom. The summed E-state index contributed by atoms with van der Waals surface area (Å²) in [6.07, 6.45) is 3.26. The first kappa shape index (κ1) is 14.5. The summed E-state index contributed by atoms with van der Waals surface area (Å²) in [5.41, 5.74) is 0.657. The zero-order valence-electron chi connectivity index (χ0n) is 11.6. The average molecular weight is 254 g/mol. The average Bonchev–Trinajstić information content (AvgIpc) is 2.62. The summed E-state index contributed by atoms with van der Waals surface area (Å²) in [5, 5.41) is 18.5.